The summed E-state index contributed by atoms with van der Waals surface area (Å²) in [7, 11) is 1.68. The molecule has 0 fully saturated rings. The third-order valence-corrected chi connectivity index (χ3v) is 4.19. The number of carbonyl (C=O) groups excluding carboxylic acids is 1. The number of aryl methyl sites for hydroxylation is 2. The summed E-state index contributed by atoms with van der Waals surface area (Å²) in [6, 6.07) is 14.2. The molecule has 3 heteroatoms. The van der Waals surface area contributed by atoms with Gasteiger partial charge < -0.3 is 10.1 Å². The van der Waals surface area contributed by atoms with Crippen molar-refractivity contribution in [2.75, 3.05) is 12.4 Å². The smallest absolute Gasteiger partial charge is 0.224 e. The Hall–Kier alpha value is -2.29. The van der Waals surface area contributed by atoms with Crippen LogP contribution in [0.3, 0.4) is 0 Å². The molecule has 3 nitrogen and oxygen atoms in total. The number of methoxy groups -OCH3 is 1. The first-order chi connectivity index (χ1) is 11.5. The molecule has 1 amide bonds. The Labute approximate surface area is 145 Å². The number of anilines is 1. The zero-order chi connectivity index (χ0) is 17.5. The lowest BCUT2D eigenvalue weighted by Crippen LogP contribution is -2.13. The molecule has 0 bridgehead atoms. The summed E-state index contributed by atoms with van der Waals surface area (Å²) < 4.78 is 5.28. The second kappa shape index (κ2) is 8.53. The van der Waals surface area contributed by atoms with E-state index in [1.54, 1.807) is 7.11 Å². The van der Waals surface area contributed by atoms with Crippen LogP contribution in [-0.2, 0) is 11.2 Å². The van der Waals surface area contributed by atoms with Crippen LogP contribution in [0.15, 0.2) is 42.5 Å². The van der Waals surface area contributed by atoms with Crippen LogP contribution in [0.25, 0.3) is 0 Å². The van der Waals surface area contributed by atoms with E-state index in [-0.39, 0.29) is 5.91 Å². The standard InChI is InChI=1S/C21H27NO2/c1-15(2)18-9-5-6-10-19(18)22-21(23)11-7-8-17-12-13-20(24-4)16(3)14-17/h5-6,9-10,12-15H,7-8,11H2,1-4H3,(H,22,23). The topological polar surface area (TPSA) is 38.3 Å². The quantitative estimate of drug-likeness (QED) is 0.770. The van der Waals surface area contributed by atoms with Gasteiger partial charge in [0.25, 0.3) is 0 Å². The minimum Gasteiger partial charge on any atom is -0.496 e. The van der Waals surface area contributed by atoms with Crippen molar-refractivity contribution in [2.24, 2.45) is 0 Å². The molecule has 2 aromatic carbocycles. The van der Waals surface area contributed by atoms with E-state index in [9.17, 15) is 4.79 Å². The first-order valence-electron chi connectivity index (χ1n) is 8.53. The van der Waals surface area contributed by atoms with E-state index in [2.05, 4.69) is 37.4 Å². The molecular weight excluding hydrogens is 298 g/mol. The number of benzene rings is 2. The summed E-state index contributed by atoms with van der Waals surface area (Å²) in [6.07, 6.45) is 2.25. The van der Waals surface area contributed by atoms with Gasteiger partial charge in [-0.15, -0.1) is 0 Å². The van der Waals surface area contributed by atoms with E-state index in [0.717, 1.165) is 29.8 Å². The molecule has 0 spiro atoms. The van der Waals surface area contributed by atoms with Crippen molar-refractivity contribution in [1.29, 1.82) is 0 Å². The first-order valence-corrected chi connectivity index (χ1v) is 8.53. The van der Waals surface area contributed by atoms with Crippen molar-refractivity contribution >= 4 is 11.6 Å². The second-order valence-electron chi connectivity index (χ2n) is 6.45. The van der Waals surface area contributed by atoms with E-state index in [1.165, 1.54) is 11.1 Å². The fourth-order valence-corrected chi connectivity index (χ4v) is 2.88. The highest BCUT2D eigenvalue weighted by Crippen LogP contribution is 2.24. The summed E-state index contributed by atoms with van der Waals surface area (Å²) in [6.45, 7) is 6.31. The van der Waals surface area contributed by atoms with Crippen LogP contribution >= 0.6 is 0 Å². The Morgan fingerprint density at radius 1 is 1.17 bits per heavy atom. The number of hydrogen-bond acceptors (Lipinski definition) is 2. The van der Waals surface area contributed by atoms with E-state index >= 15 is 0 Å². The van der Waals surface area contributed by atoms with Gasteiger partial charge in [-0.1, -0.05) is 44.2 Å². The van der Waals surface area contributed by atoms with Gasteiger partial charge in [0.2, 0.25) is 5.91 Å². The zero-order valence-corrected chi connectivity index (χ0v) is 15.1. The van der Waals surface area contributed by atoms with Crippen LogP contribution < -0.4 is 10.1 Å². The Morgan fingerprint density at radius 2 is 1.92 bits per heavy atom. The summed E-state index contributed by atoms with van der Waals surface area (Å²) in [5.74, 6) is 1.37. The molecule has 0 atom stereocenters. The van der Waals surface area contributed by atoms with Crippen molar-refractivity contribution < 1.29 is 9.53 Å². The monoisotopic (exact) mass is 325 g/mol. The zero-order valence-electron chi connectivity index (χ0n) is 15.1. The lowest BCUT2D eigenvalue weighted by atomic mass is 10.0. The predicted octanol–water partition coefficient (Wildman–Crippen LogP) is 5.09. The van der Waals surface area contributed by atoms with Gasteiger partial charge in [0, 0.05) is 12.1 Å². The molecule has 0 aliphatic carbocycles. The van der Waals surface area contributed by atoms with Crippen LogP contribution in [0.2, 0.25) is 0 Å². The van der Waals surface area contributed by atoms with Crippen molar-refractivity contribution in [3.63, 3.8) is 0 Å². The van der Waals surface area contributed by atoms with Gasteiger partial charge in [0.15, 0.2) is 0 Å². The number of rotatable bonds is 7. The molecule has 0 saturated heterocycles. The van der Waals surface area contributed by atoms with Crippen LogP contribution in [0.4, 0.5) is 5.69 Å². The van der Waals surface area contributed by atoms with Crippen LogP contribution in [0.5, 0.6) is 5.75 Å². The molecule has 0 radical (unpaired) electrons. The molecule has 2 rings (SSSR count). The maximum Gasteiger partial charge on any atom is 0.224 e. The molecule has 128 valence electrons. The van der Waals surface area contributed by atoms with Crippen LogP contribution in [0, 0.1) is 6.92 Å². The second-order valence-corrected chi connectivity index (χ2v) is 6.45. The van der Waals surface area contributed by atoms with Gasteiger partial charge >= 0.3 is 0 Å². The van der Waals surface area contributed by atoms with E-state index in [0.29, 0.717) is 12.3 Å². The Bertz CT molecular complexity index is 692. The molecule has 2 aromatic rings. The van der Waals surface area contributed by atoms with Gasteiger partial charge in [0.1, 0.15) is 5.75 Å². The van der Waals surface area contributed by atoms with Crippen molar-refractivity contribution in [3.05, 3.63) is 59.2 Å². The molecule has 0 unspecified atom stereocenters. The largest absolute Gasteiger partial charge is 0.496 e. The maximum atomic E-state index is 12.2. The fourth-order valence-electron chi connectivity index (χ4n) is 2.88. The average molecular weight is 325 g/mol. The van der Waals surface area contributed by atoms with E-state index in [4.69, 9.17) is 4.74 Å². The molecule has 0 saturated carbocycles. The molecule has 0 heterocycles. The molecule has 0 aromatic heterocycles. The lowest BCUT2D eigenvalue weighted by molar-refractivity contribution is -0.116. The highest BCUT2D eigenvalue weighted by Gasteiger charge is 2.09. The van der Waals surface area contributed by atoms with Crippen LogP contribution in [0.1, 0.15) is 49.3 Å². The van der Waals surface area contributed by atoms with Gasteiger partial charge in [-0.05, 0) is 54.5 Å². The maximum absolute atomic E-state index is 12.2. The highest BCUT2D eigenvalue weighted by atomic mass is 16.5. The third kappa shape index (κ3) is 4.85. The van der Waals surface area contributed by atoms with Gasteiger partial charge in [0.05, 0.1) is 7.11 Å². The number of carbonyl (C=O) groups is 1. The van der Waals surface area contributed by atoms with Crippen molar-refractivity contribution in [1.82, 2.24) is 0 Å². The number of nitrogens with one attached hydrogen (secondary N) is 1. The van der Waals surface area contributed by atoms with E-state index in [1.807, 2.05) is 31.2 Å². The minimum absolute atomic E-state index is 0.0772. The van der Waals surface area contributed by atoms with Crippen molar-refractivity contribution in [2.45, 2.75) is 46.0 Å². The fraction of sp³-hybridized carbons (Fsp3) is 0.381. The average Bonchev–Trinajstić information content (AvgIpc) is 2.55. The third-order valence-electron chi connectivity index (χ3n) is 4.19. The Morgan fingerprint density at radius 3 is 2.58 bits per heavy atom. The van der Waals surface area contributed by atoms with Gasteiger partial charge in [-0.2, -0.15) is 0 Å². The number of hydrogen-bond donors (Lipinski definition) is 1. The Balaban J connectivity index is 1.87. The Kier molecular flexibility index (Phi) is 6.42. The van der Waals surface area contributed by atoms with Gasteiger partial charge in [-0.25, -0.2) is 0 Å². The molecule has 0 aliphatic rings. The number of ether oxygens (including phenoxy) is 1. The molecular formula is C21H27NO2. The highest BCUT2D eigenvalue weighted by molar-refractivity contribution is 5.91. The first kappa shape index (κ1) is 18.1. The van der Waals surface area contributed by atoms with E-state index < -0.39 is 0 Å². The van der Waals surface area contributed by atoms with Gasteiger partial charge in [-0.3, -0.25) is 4.79 Å². The van der Waals surface area contributed by atoms with Crippen LogP contribution in [-0.4, -0.2) is 13.0 Å². The summed E-state index contributed by atoms with van der Waals surface area (Å²) in [4.78, 5) is 12.2. The number of para-hydroxylation sites is 1. The molecule has 24 heavy (non-hydrogen) atoms. The summed E-state index contributed by atoms with van der Waals surface area (Å²) in [5, 5.41) is 3.05. The SMILES string of the molecule is COc1ccc(CCCC(=O)Nc2ccccc2C(C)C)cc1C. The summed E-state index contributed by atoms with van der Waals surface area (Å²) >= 11 is 0. The lowest BCUT2D eigenvalue weighted by Gasteiger charge is -2.13. The summed E-state index contributed by atoms with van der Waals surface area (Å²) in [5.41, 5.74) is 4.48. The molecule has 0 aliphatic heterocycles. The predicted molar refractivity (Wildman–Crippen MR) is 99.8 cm³/mol. The van der Waals surface area contributed by atoms with Crippen molar-refractivity contribution in [3.8, 4) is 5.75 Å². The normalized spacial score (nSPS) is 10.7. The number of amides is 1. The minimum atomic E-state index is 0.0772. The molecule has 1 N–H and O–H groups in total.